The molecule has 4 saturated carbocycles. The summed E-state index contributed by atoms with van der Waals surface area (Å²) in [5.41, 5.74) is 9.20. The van der Waals surface area contributed by atoms with E-state index >= 15 is 0 Å². The summed E-state index contributed by atoms with van der Waals surface area (Å²) in [4.78, 5) is 0. The van der Waals surface area contributed by atoms with Gasteiger partial charge >= 0.3 is 0 Å². The molecule has 2 atom stereocenters. The molecule has 2 unspecified atom stereocenters. The maximum atomic E-state index is 2.90. The van der Waals surface area contributed by atoms with Gasteiger partial charge in [-0.1, -0.05) is 90.8 Å². The molecule has 1 heterocycles. The summed E-state index contributed by atoms with van der Waals surface area (Å²) in [5.74, 6) is 4.09. The monoisotopic (exact) mass is 505 g/mol. The summed E-state index contributed by atoms with van der Waals surface area (Å²) < 4.78 is 0.648. The number of hydrogen-bond acceptors (Lipinski definition) is 0. The SMILES string of the molecule is CCC1=Cc2cc(C(C)(C)C)cc(C34CC5C[C](CC(C5)C3)C43[Si](C)(C)[Si](C)(C)[Si]3(C)C)c2C1. The van der Waals surface area contributed by atoms with Crippen LogP contribution in [0.4, 0.5) is 0 Å². The third-order valence-corrected chi connectivity index (χ3v) is 62.3. The lowest BCUT2D eigenvalue weighted by Gasteiger charge is -2.87. The minimum absolute atomic E-state index is 0.211. The Hall–Kier alpha value is -0.389. The summed E-state index contributed by atoms with van der Waals surface area (Å²) in [5, 5.41) is 0. The largest absolute Gasteiger partial charge is 0.0731 e. The average molecular weight is 506 g/mol. The van der Waals surface area contributed by atoms with Crippen LogP contribution in [-0.2, 0) is 17.3 Å². The molecule has 6 aliphatic rings. The molecule has 1 radical (unpaired) electrons. The van der Waals surface area contributed by atoms with E-state index < -0.39 is 22.3 Å². The molecule has 3 heteroatoms. The molecule has 1 aromatic rings. The van der Waals surface area contributed by atoms with E-state index in [0.717, 1.165) is 11.8 Å². The van der Waals surface area contributed by atoms with E-state index in [2.05, 4.69) is 91.1 Å². The first kappa shape index (κ1) is 24.0. The van der Waals surface area contributed by atoms with Crippen molar-refractivity contribution in [3.63, 3.8) is 0 Å². The van der Waals surface area contributed by atoms with Gasteiger partial charge in [0.15, 0.2) is 0 Å². The van der Waals surface area contributed by atoms with E-state index in [0.29, 0.717) is 10.1 Å². The van der Waals surface area contributed by atoms with Crippen LogP contribution >= 0.6 is 0 Å². The highest BCUT2D eigenvalue weighted by Gasteiger charge is 2.87. The van der Waals surface area contributed by atoms with E-state index in [1.54, 1.807) is 22.3 Å². The molecule has 185 valence electrons. The van der Waals surface area contributed by atoms with Crippen molar-refractivity contribution in [2.24, 2.45) is 11.8 Å². The molecule has 0 N–H and O–H groups in total. The van der Waals surface area contributed by atoms with Gasteiger partial charge in [-0.3, -0.25) is 0 Å². The Balaban J connectivity index is 1.67. The molecular weight excluding hydrogens is 457 g/mol. The van der Waals surface area contributed by atoms with Gasteiger partial charge in [-0.05, 0) is 100 Å². The maximum Gasteiger partial charge on any atom is 0.0438 e. The molecular formula is C31H49Si3. The molecule has 0 amide bonds. The van der Waals surface area contributed by atoms with Gasteiger partial charge < -0.3 is 0 Å². The number of rotatable bonds is 2. The topological polar surface area (TPSA) is 0 Å². The third-order valence-electron chi connectivity index (χ3n) is 13.1. The van der Waals surface area contributed by atoms with Crippen molar-refractivity contribution >= 4 is 28.4 Å². The van der Waals surface area contributed by atoms with Crippen LogP contribution in [-0.4, -0.2) is 22.3 Å². The van der Waals surface area contributed by atoms with Gasteiger partial charge in [-0.25, -0.2) is 0 Å². The first-order chi connectivity index (χ1) is 15.6. The fraction of sp³-hybridized carbons (Fsp3) is 0.710. The Bertz CT molecular complexity index is 1060. The number of fused-ring (bicyclic) bond motifs is 1. The van der Waals surface area contributed by atoms with Gasteiger partial charge in [0.2, 0.25) is 0 Å². The second kappa shape index (κ2) is 6.72. The highest BCUT2D eigenvalue weighted by atomic mass is 29.7. The number of benzene rings is 1. The predicted molar refractivity (Wildman–Crippen MR) is 157 cm³/mol. The van der Waals surface area contributed by atoms with E-state index in [4.69, 9.17) is 0 Å². The number of allylic oxidation sites excluding steroid dienone is 1. The third kappa shape index (κ3) is 2.42. The van der Waals surface area contributed by atoms with Crippen LogP contribution < -0.4 is 0 Å². The van der Waals surface area contributed by atoms with Crippen LogP contribution in [0, 0.1) is 17.8 Å². The van der Waals surface area contributed by atoms with E-state index in [9.17, 15) is 0 Å². The van der Waals surface area contributed by atoms with E-state index in [1.807, 2.05) is 5.56 Å². The van der Waals surface area contributed by atoms with Gasteiger partial charge in [0, 0.05) is 22.3 Å². The molecule has 7 rings (SSSR count). The lowest BCUT2D eigenvalue weighted by atomic mass is 9.46. The van der Waals surface area contributed by atoms with Gasteiger partial charge in [-0.2, -0.15) is 0 Å². The Labute approximate surface area is 213 Å². The van der Waals surface area contributed by atoms with Crippen molar-refractivity contribution in [3.05, 3.63) is 45.9 Å². The molecule has 34 heavy (non-hydrogen) atoms. The second-order valence-corrected chi connectivity index (χ2v) is 44.0. The Kier molecular flexibility index (Phi) is 4.74. The first-order valence-electron chi connectivity index (χ1n) is 14.4. The summed E-state index contributed by atoms with van der Waals surface area (Å²) in [6.45, 7) is 27.0. The van der Waals surface area contributed by atoms with Crippen molar-refractivity contribution in [1.82, 2.24) is 0 Å². The Morgan fingerprint density at radius 1 is 0.912 bits per heavy atom. The molecule has 1 aromatic carbocycles. The predicted octanol–water partition coefficient (Wildman–Crippen LogP) is 8.94. The number of hydrogen-bond donors (Lipinski definition) is 0. The maximum absolute atomic E-state index is 2.90. The fourth-order valence-corrected chi connectivity index (χ4v) is 64.4. The summed E-state index contributed by atoms with van der Waals surface area (Å²) in [6, 6.07) is 5.40. The standard InChI is InChI=1S/C31H49Si3/c1-11-21-13-24-17-25(29(2,3)4)18-28(27(24)16-21)30-19-22-12-23(20-30)15-26(14-22)31(30)32(5,6)34(9,10)33(31,7)8/h13,17-18,22-23H,11-12,14-16,19-20H2,1-10H3. The van der Waals surface area contributed by atoms with E-state index in [1.165, 1.54) is 44.9 Å². The molecule has 1 saturated heterocycles. The smallest absolute Gasteiger partial charge is 0.0438 e. The van der Waals surface area contributed by atoms with Crippen molar-refractivity contribution < 1.29 is 0 Å². The van der Waals surface area contributed by atoms with Gasteiger partial charge in [0.25, 0.3) is 0 Å². The van der Waals surface area contributed by atoms with Crippen LogP contribution in [0.5, 0.6) is 0 Å². The first-order valence-corrected chi connectivity index (χ1v) is 25.4. The van der Waals surface area contributed by atoms with Crippen LogP contribution in [0.2, 0.25) is 43.9 Å². The molecule has 1 spiro atoms. The summed E-state index contributed by atoms with van der Waals surface area (Å²) in [7, 11) is -3.97. The molecule has 5 aliphatic carbocycles. The van der Waals surface area contributed by atoms with E-state index in [-0.39, 0.29) is 5.41 Å². The Morgan fingerprint density at radius 2 is 1.50 bits per heavy atom. The highest BCUT2D eigenvalue weighted by molar-refractivity contribution is 7.80. The summed E-state index contributed by atoms with van der Waals surface area (Å²) in [6.07, 6.45) is 12.6. The van der Waals surface area contributed by atoms with Crippen molar-refractivity contribution in [2.75, 3.05) is 0 Å². The van der Waals surface area contributed by atoms with Gasteiger partial charge in [-0.15, -0.1) is 0 Å². The minimum atomic E-state index is -1.40. The normalized spacial score (nSPS) is 35.9. The lowest BCUT2D eigenvalue weighted by molar-refractivity contribution is 0.0414. The van der Waals surface area contributed by atoms with Gasteiger partial charge in [0.1, 0.15) is 0 Å². The van der Waals surface area contributed by atoms with Crippen LogP contribution in [0.25, 0.3) is 6.08 Å². The molecule has 0 nitrogen and oxygen atoms in total. The molecule has 4 bridgehead atoms. The molecule has 5 fully saturated rings. The van der Waals surface area contributed by atoms with Crippen molar-refractivity contribution in [3.8, 4) is 0 Å². The lowest BCUT2D eigenvalue weighted by Crippen LogP contribution is -2.97. The zero-order valence-electron chi connectivity index (χ0n) is 23.8. The zero-order chi connectivity index (χ0) is 24.7. The average Bonchev–Trinajstić information content (AvgIpc) is 3.14. The highest BCUT2D eigenvalue weighted by Crippen LogP contribution is 2.85. The minimum Gasteiger partial charge on any atom is -0.0731 e. The second-order valence-electron chi connectivity index (χ2n) is 15.8. The van der Waals surface area contributed by atoms with Crippen LogP contribution in [0.3, 0.4) is 0 Å². The molecule has 0 aromatic heterocycles. The van der Waals surface area contributed by atoms with Crippen LogP contribution in [0.15, 0.2) is 17.7 Å². The van der Waals surface area contributed by atoms with Gasteiger partial charge in [0.05, 0.1) is 0 Å². The fourth-order valence-electron chi connectivity index (χ4n) is 11.3. The molecule has 1 aliphatic heterocycles. The van der Waals surface area contributed by atoms with Crippen molar-refractivity contribution in [2.45, 2.75) is 127 Å². The van der Waals surface area contributed by atoms with Crippen molar-refractivity contribution in [1.29, 1.82) is 0 Å². The Morgan fingerprint density at radius 3 is 2.03 bits per heavy atom. The zero-order valence-corrected chi connectivity index (χ0v) is 26.8. The van der Waals surface area contributed by atoms with Crippen LogP contribution in [0.1, 0.15) is 88.5 Å². The quantitative estimate of drug-likeness (QED) is 0.352. The summed E-state index contributed by atoms with van der Waals surface area (Å²) >= 11 is 0.